The van der Waals surface area contributed by atoms with Crippen LogP contribution in [-0.2, 0) is 0 Å². The van der Waals surface area contributed by atoms with Gasteiger partial charge in [-0.25, -0.2) is 17.6 Å². The lowest BCUT2D eigenvalue weighted by atomic mass is 9.83. The van der Waals surface area contributed by atoms with Crippen molar-refractivity contribution in [3.8, 4) is 80.4 Å². The third-order valence-electron chi connectivity index (χ3n) is 19.0. The third-order valence-corrected chi connectivity index (χ3v) is 19.0. The van der Waals surface area contributed by atoms with E-state index < -0.39 is 46.2 Å². The molecule has 27 heteroatoms. The summed E-state index contributed by atoms with van der Waals surface area (Å²) in [5.41, 5.74) is 6.45. The van der Waals surface area contributed by atoms with E-state index in [0.717, 1.165) is 77.1 Å². The molecule has 4 N–H and O–H groups in total. The number of pyridine rings is 4. The quantitative estimate of drug-likeness (QED) is 0.0375. The van der Waals surface area contributed by atoms with E-state index >= 15 is 8.78 Å². The Morgan fingerprint density at radius 1 is 0.481 bits per heavy atom. The summed E-state index contributed by atoms with van der Waals surface area (Å²) < 4.78 is 121. The number of fused-ring (bicyclic) bond motifs is 6. The minimum absolute atomic E-state index is 0.0454. The van der Waals surface area contributed by atoms with Crippen molar-refractivity contribution in [2.75, 3.05) is 103 Å². The predicted octanol–water partition coefficient (Wildman–Crippen LogP) is 14.2. The van der Waals surface area contributed by atoms with Gasteiger partial charge in [0.05, 0.1) is 48.2 Å². The third kappa shape index (κ3) is 17.3. The number of rotatable bonds is 24. The first kappa shape index (κ1) is 74.8. The standard InChI is InChI=1S/C41H42F2N4O7.C40H41F2N5O7/c1-4-50-32-13-18-47(28-9-6-26(42)7-10-28)40(49)36(32)39(48)45-27-8-11-31(29(43)24-27)54-33-12-16-44-30-25-34(37-38(35(30)33)53-23-22-52-37)51-21-5-17-46-19-14-41(2,3)15-20-46;1-3-50-31-12-17-47(27-8-5-25(41)6-9-27)39(49)35(31)38(48)45-26-7-10-30(28(42)23-26)54-32-11-15-44-29-24-33(36-37(34(29)32)53-22-21-52-36)51-20-4-16-46-18-13-40(2,43)14-19-46/h6-13,16,18,24-25H,4-5,14-15,17,19-23H2,1-3H3,(H,45,48);5-12,15,17,23-24H,3-4,13-14,16,18-22,43H2,1-2H3,(H,45,48). The first-order valence-corrected chi connectivity index (χ1v) is 36.0. The molecule has 4 aromatic heterocycles. The first-order valence-electron chi connectivity index (χ1n) is 36.0. The van der Waals surface area contributed by atoms with Gasteiger partial charge in [-0.1, -0.05) is 13.8 Å². The number of carbonyl (C=O) groups is 2. The molecular formula is C81H83F4N9O14. The molecule has 0 aliphatic carbocycles. The molecule has 23 nitrogen and oxygen atoms in total. The van der Waals surface area contributed by atoms with Crippen LogP contribution in [0.2, 0.25) is 0 Å². The molecular weight excluding hydrogens is 1400 g/mol. The molecule has 6 aromatic carbocycles. The molecule has 4 aliphatic heterocycles. The zero-order valence-corrected chi connectivity index (χ0v) is 60.5. The molecule has 8 heterocycles. The zero-order valence-electron chi connectivity index (χ0n) is 60.5. The van der Waals surface area contributed by atoms with Crippen LogP contribution in [0.5, 0.6) is 69.0 Å². The zero-order chi connectivity index (χ0) is 75.6. The Balaban J connectivity index is 0.000000190. The summed E-state index contributed by atoms with van der Waals surface area (Å²) >= 11 is 0. The van der Waals surface area contributed by atoms with E-state index in [1.54, 1.807) is 50.5 Å². The van der Waals surface area contributed by atoms with Crippen LogP contribution in [0.3, 0.4) is 0 Å². The van der Waals surface area contributed by atoms with E-state index in [1.807, 2.05) is 0 Å². The number of benzene rings is 6. The van der Waals surface area contributed by atoms with Gasteiger partial charge in [-0.05, 0) is 188 Å². The normalized spacial score (nSPS) is 15.1. The fourth-order valence-corrected chi connectivity index (χ4v) is 13.1. The molecule has 0 unspecified atom stereocenters. The second-order valence-corrected chi connectivity index (χ2v) is 27.5. The van der Waals surface area contributed by atoms with Crippen LogP contribution in [0, 0.1) is 28.7 Å². The Labute approximate surface area is 619 Å². The van der Waals surface area contributed by atoms with Crippen LogP contribution in [0.25, 0.3) is 33.2 Å². The van der Waals surface area contributed by atoms with Gasteiger partial charge in [0.2, 0.25) is 11.5 Å². The summed E-state index contributed by atoms with van der Waals surface area (Å²) in [6, 6.07) is 28.0. The van der Waals surface area contributed by atoms with Crippen LogP contribution >= 0.6 is 0 Å². The lowest BCUT2D eigenvalue weighted by Crippen LogP contribution is -2.48. The number of hydrogen-bond acceptors (Lipinski definition) is 19. The van der Waals surface area contributed by atoms with Gasteiger partial charge in [-0.2, -0.15) is 0 Å². The molecule has 4 aliphatic rings. The van der Waals surface area contributed by atoms with Crippen LogP contribution in [0.4, 0.5) is 28.9 Å². The number of aromatic nitrogens is 4. The number of nitrogens with one attached hydrogen (secondary N) is 2. The number of hydrogen-bond donors (Lipinski definition) is 3. The van der Waals surface area contributed by atoms with Crippen molar-refractivity contribution in [2.24, 2.45) is 11.1 Å². The molecule has 2 fully saturated rings. The van der Waals surface area contributed by atoms with Gasteiger partial charge >= 0.3 is 0 Å². The number of carbonyl (C=O) groups excluding carboxylic acids is 2. The fraction of sp³-hybridized carbons (Fsp3) is 0.333. The molecule has 0 bridgehead atoms. The summed E-state index contributed by atoms with van der Waals surface area (Å²) in [7, 11) is 0. The van der Waals surface area contributed by atoms with Gasteiger partial charge in [-0.3, -0.25) is 38.3 Å². The summed E-state index contributed by atoms with van der Waals surface area (Å²) in [6.07, 6.45) is 11.9. The Morgan fingerprint density at radius 3 is 1.28 bits per heavy atom. The van der Waals surface area contributed by atoms with E-state index in [4.69, 9.17) is 53.1 Å². The number of piperidine rings is 2. The summed E-state index contributed by atoms with van der Waals surface area (Å²) in [5.74, 6) is -1.08. The fourth-order valence-electron chi connectivity index (χ4n) is 13.1. The van der Waals surface area contributed by atoms with E-state index in [0.29, 0.717) is 113 Å². The molecule has 10 aromatic rings. The number of nitrogens with zero attached hydrogens (tertiary/aromatic N) is 6. The maximum absolute atomic E-state index is 15.6. The number of nitrogens with two attached hydrogens (primary N) is 1. The van der Waals surface area contributed by atoms with Crippen LogP contribution in [0.15, 0.2) is 156 Å². The maximum atomic E-state index is 15.6. The number of likely N-dealkylation sites (tertiary alicyclic amines) is 2. The molecule has 0 saturated carbocycles. The van der Waals surface area contributed by atoms with Gasteiger partial charge in [0.1, 0.15) is 72.2 Å². The largest absolute Gasteiger partial charge is 0.493 e. The molecule has 0 spiro atoms. The second-order valence-electron chi connectivity index (χ2n) is 27.5. The highest BCUT2D eigenvalue weighted by Crippen LogP contribution is 2.51. The molecule has 0 radical (unpaired) electrons. The molecule has 564 valence electrons. The van der Waals surface area contributed by atoms with E-state index in [9.17, 15) is 28.0 Å². The summed E-state index contributed by atoms with van der Waals surface area (Å²) in [5, 5.41) is 6.15. The van der Waals surface area contributed by atoms with E-state index in [2.05, 4.69) is 51.2 Å². The van der Waals surface area contributed by atoms with Crippen molar-refractivity contribution in [1.29, 1.82) is 0 Å². The lowest BCUT2D eigenvalue weighted by Gasteiger charge is -2.36. The molecule has 108 heavy (non-hydrogen) atoms. The van der Waals surface area contributed by atoms with Crippen LogP contribution in [-0.4, -0.2) is 138 Å². The van der Waals surface area contributed by atoms with Crippen molar-refractivity contribution in [3.63, 3.8) is 0 Å². The van der Waals surface area contributed by atoms with Gasteiger partial charge in [0.15, 0.2) is 46.1 Å². The SMILES string of the molecule is CCOc1ccn(-c2ccc(F)cc2)c(=O)c1C(=O)Nc1ccc(Oc2ccnc3cc(OCCCN4CCC(C)(C)CC4)c4c(c23)OCCO4)c(F)c1.CCOc1ccn(-c2ccc(F)cc2)c(=O)c1C(=O)Nc1ccc(Oc2ccnc3cc(OCCCN4CCC(C)(N)CC4)c4c(c23)OCCO4)c(F)c1. The van der Waals surface area contributed by atoms with Crippen molar-refractivity contribution >= 4 is 45.0 Å². The average Bonchev–Trinajstić information content (AvgIpc) is 0.772. The number of anilines is 2. The highest BCUT2D eigenvalue weighted by molar-refractivity contribution is 6.07. The van der Waals surface area contributed by atoms with Crippen molar-refractivity contribution < 1.29 is 74.5 Å². The van der Waals surface area contributed by atoms with E-state index in [1.165, 1.54) is 119 Å². The molecule has 2 amide bonds. The van der Waals surface area contributed by atoms with Gasteiger partial charge < -0.3 is 73.5 Å². The van der Waals surface area contributed by atoms with Crippen molar-refractivity contribution in [3.05, 3.63) is 201 Å². The smallest absolute Gasteiger partial charge is 0.271 e. The van der Waals surface area contributed by atoms with Crippen molar-refractivity contribution in [1.82, 2.24) is 28.9 Å². The highest BCUT2D eigenvalue weighted by atomic mass is 19.1. The molecule has 0 atom stereocenters. The van der Waals surface area contributed by atoms with Gasteiger partial charge in [-0.15, -0.1) is 0 Å². The highest BCUT2D eigenvalue weighted by Gasteiger charge is 2.31. The topological polar surface area (TPSA) is 253 Å². The van der Waals surface area contributed by atoms with Gasteiger partial charge in [0, 0.05) is 90.4 Å². The van der Waals surface area contributed by atoms with Crippen LogP contribution in [0.1, 0.15) is 93.9 Å². The molecule has 14 rings (SSSR count). The van der Waals surface area contributed by atoms with Crippen LogP contribution < -0.4 is 74.9 Å². The first-order chi connectivity index (χ1) is 52.2. The summed E-state index contributed by atoms with van der Waals surface area (Å²) in [6.45, 7) is 18.7. The second kappa shape index (κ2) is 33.2. The van der Waals surface area contributed by atoms with E-state index in [-0.39, 0.29) is 75.8 Å². The minimum Gasteiger partial charge on any atom is -0.493 e. The summed E-state index contributed by atoms with van der Waals surface area (Å²) in [4.78, 5) is 67.8. The monoisotopic (exact) mass is 1480 g/mol. The lowest BCUT2D eigenvalue weighted by molar-refractivity contribution is 0.101. The Kier molecular flexibility index (Phi) is 23.0. The number of halogens is 4. The number of ether oxygens (including phenoxy) is 10. The number of amides is 2. The Hall–Kier alpha value is -11.4. The Morgan fingerprint density at radius 2 is 0.880 bits per heavy atom. The Bertz CT molecular complexity index is 4750. The van der Waals surface area contributed by atoms with Crippen molar-refractivity contribution in [2.45, 2.75) is 78.7 Å². The van der Waals surface area contributed by atoms with Gasteiger partial charge in [0.25, 0.3) is 22.9 Å². The maximum Gasteiger partial charge on any atom is 0.271 e. The molecule has 2 saturated heterocycles. The minimum atomic E-state index is -0.819. The average molecular weight is 1480 g/mol. The predicted molar refractivity (Wildman–Crippen MR) is 399 cm³/mol.